The standard InChI is InChI=1S/C17H25NO2/c1-5-7-13-14(18-6-2)12-9-8-11-10-17(3,4)20-15(11)16(12)19-13/h8-9,13-14,18H,5-7,10H2,1-4H3. The van der Waals surface area contributed by atoms with Crippen molar-refractivity contribution in [2.45, 2.75) is 64.7 Å². The van der Waals surface area contributed by atoms with Gasteiger partial charge >= 0.3 is 0 Å². The number of benzene rings is 1. The second-order valence-corrected chi connectivity index (χ2v) is 6.49. The zero-order valence-corrected chi connectivity index (χ0v) is 13.0. The molecule has 2 aliphatic rings. The van der Waals surface area contributed by atoms with Gasteiger partial charge in [0.15, 0.2) is 11.5 Å². The van der Waals surface area contributed by atoms with Gasteiger partial charge in [0.2, 0.25) is 0 Å². The number of rotatable bonds is 4. The molecule has 0 spiro atoms. The number of fused-ring (bicyclic) bond motifs is 3. The molecule has 1 aromatic rings. The summed E-state index contributed by atoms with van der Waals surface area (Å²) in [6.07, 6.45) is 3.40. The first-order valence-electron chi connectivity index (χ1n) is 7.80. The number of likely N-dealkylation sites (N-methyl/N-ethyl adjacent to an activating group) is 1. The Kier molecular flexibility index (Phi) is 3.41. The minimum Gasteiger partial charge on any atom is -0.484 e. The van der Waals surface area contributed by atoms with E-state index in [2.05, 4.69) is 45.1 Å². The van der Waals surface area contributed by atoms with E-state index in [0.717, 1.165) is 37.3 Å². The summed E-state index contributed by atoms with van der Waals surface area (Å²) in [5, 5.41) is 3.57. The van der Waals surface area contributed by atoms with Gasteiger partial charge in [0.05, 0.1) is 6.04 Å². The van der Waals surface area contributed by atoms with E-state index < -0.39 is 0 Å². The van der Waals surface area contributed by atoms with Gasteiger partial charge in [0, 0.05) is 17.5 Å². The molecular formula is C17H25NO2. The molecule has 2 aliphatic heterocycles. The molecule has 0 fully saturated rings. The maximum absolute atomic E-state index is 6.26. The SMILES string of the molecule is CCCC1Oc2c(ccc3c2OC(C)(C)C3)C1NCC. The highest BCUT2D eigenvalue weighted by Crippen LogP contribution is 2.50. The van der Waals surface area contributed by atoms with E-state index in [1.54, 1.807) is 0 Å². The summed E-state index contributed by atoms with van der Waals surface area (Å²) >= 11 is 0. The van der Waals surface area contributed by atoms with Gasteiger partial charge in [0.25, 0.3) is 0 Å². The van der Waals surface area contributed by atoms with E-state index in [-0.39, 0.29) is 11.7 Å². The first-order chi connectivity index (χ1) is 9.55. The van der Waals surface area contributed by atoms with Gasteiger partial charge in [-0.3, -0.25) is 0 Å². The number of ether oxygens (including phenoxy) is 2. The van der Waals surface area contributed by atoms with Crippen molar-refractivity contribution < 1.29 is 9.47 Å². The molecule has 2 unspecified atom stereocenters. The predicted octanol–water partition coefficient (Wildman–Crippen LogP) is 3.61. The summed E-state index contributed by atoms with van der Waals surface area (Å²) in [5.41, 5.74) is 2.43. The first-order valence-corrected chi connectivity index (χ1v) is 7.80. The molecule has 0 aliphatic carbocycles. The molecule has 2 atom stereocenters. The average molecular weight is 275 g/mol. The molecule has 0 bridgehead atoms. The Balaban J connectivity index is 1.97. The summed E-state index contributed by atoms with van der Waals surface area (Å²) in [6, 6.07) is 4.74. The van der Waals surface area contributed by atoms with Gasteiger partial charge in [0.1, 0.15) is 11.7 Å². The molecule has 0 aromatic heterocycles. The highest BCUT2D eigenvalue weighted by Gasteiger charge is 2.40. The Morgan fingerprint density at radius 3 is 2.75 bits per heavy atom. The fourth-order valence-electron chi connectivity index (χ4n) is 3.40. The van der Waals surface area contributed by atoms with E-state index in [0.29, 0.717) is 6.04 Å². The highest BCUT2D eigenvalue weighted by atomic mass is 16.5. The fraction of sp³-hybridized carbons (Fsp3) is 0.647. The van der Waals surface area contributed by atoms with Crippen LogP contribution in [0, 0.1) is 0 Å². The number of hydrogen-bond acceptors (Lipinski definition) is 3. The lowest BCUT2D eigenvalue weighted by Crippen LogP contribution is -2.30. The van der Waals surface area contributed by atoms with E-state index in [4.69, 9.17) is 9.47 Å². The molecule has 1 N–H and O–H groups in total. The van der Waals surface area contributed by atoms with Crippen molar-refractivity contribution in [2.24, 2.45) is 0 Å². The second-order valence-electron chi connectivity index (χ2n) is 6.49. The minimum absolute atomic E-state index is 0.114. The minimum atomic E-state index is -0.114. The van der Waals surface area contributed by atoms with Crippen LogP contribution in [0.4, 0.5) is 0 Å². The van der Waals surface area contributed by atoms with Crippen LogP contribution in [-0.2, 0) is 6.42 Å². The molecule has 3 rings (SSSR count). The largest absolute Gasteiger partial charge is 0.484 e. The van der Waals surface area contributed by atoms with Crippen molar-refractivity contribution in [3.8, 4) is 11.5 Å². The molecule has 0 radical (unpaired) electrons. The van der Waals surface area contributed by atoms with Crippen LogP contribution in [0.1, 0.15) is 57.7 Å². The Bertz CT molecular complexity index is 510. The average Bonchev–Trinajstić information content (AvgIpc) is 2.87. The molecule has 1 aromatic carbocycles. The summed E-state index contributed by atoms with van der Waals surface area (Å²) in [4.78, 5) is 0. The van der Waals surface area contributed by atoms with Crippen molar-refractivity contribution in [1.82, 2.24) is 5.32 Å². The van der Waals surface area contributed by atoms with Crippen LogP contribution in [0.25, 0.3) is 0 Å². The van der Waals surface area contributed by atoms with Crippen LogP contribution in [0.3, 0.4) is 0 Å². The molecule has 0 amide bonds. The lowest BCUT2D eigenvalue weighted by molar-refractivity contribution is 0.125. The maximum atomic E-state index is 6.26. The zero-order chi connectivity index (χ0) is 14.3. The quantitative estimate of drug-likeness (QED) is 0.910. The van der Waals surface area contributed by atoms with Crippen LogP contribution in [-0.4, -0.2) is 18.2 Å². The van der Waals surface area contributed by atoms with Gasteiger partial charge < -0.3 is 14.8 Å². The monoisotopic (exact) mass is 275 g/mol. The Hall–Kier alpha value is -1.22. The van der Waals surface area contributed by atoms with E-state index >= 15 is 0 Å². The Labute approximate surface area is 121 Å². The van der Waals surface area contributed by atoms with Crippen molar-refractivity contribution in [3.63, 3.8) is 0 Å². The number of nitrogens with one attached hydrogen (secondary N) is 1. The van der Waals surface area contributed by atoms with Gasteiger partial charge in [-0.05, 0) is 26.8 Å². The van der Waals surface area contributed by atoms with E-state index in [9.17, 15) is 0 Å². The first kappa shape index (κ1) is 13.7. The van der Waals surface area contributed by atoms with Crippen molar-refractivity contribution in [2.75, 3.05) is 6.54 Å². The third-order valence-electron chi connectivity index (χ3n) is 4.19. The predicted molar refractivity (Wildman–Crippen MR) is 80.6 cm³/mol. The second kappa shape index (κ2) is 4.96. The maximum Gasteiger partial charge on any atom is 0.166 e. The van der Waals surface area contributed by atoms with E-state index in [1.807, 2.05) is 0 Å². The van der Waals surface area contributed by atoms with Crippen LogP contribution in [0.5, 0.6) is 11.5 Å². The lowest BCUT2D eigenvalue weighted by Gasteiger charge is -2.19. The number of hydrogen-bond donors (Lipinski definition) is 1. The molecule has 0 saturated carbocycles. The summed E-state index contributed by atoms with van der Waals surface area (Å²) in [5.74, 6) is 1.96. The van der Waals surface area contributed by atoms with Gasteiger partial charge in [-0.1, -0.05) is 32.4 Å². The van der Waals surface area contributed by atoms with Crippen molar-refractivity contribution >= 4 is 0 Å². The van der Waals surface area contributed by atoms with Gasteiger partial charge in [-0.15, -0.1) is 0 Å². The Morgan fingerprint density at radius 2 is 2.05 bits per heavy atom. The molecular weight excluding hydrogens is 250 g/mol. The Morgan fingerprint density at radius 1 is 1.25 bits per heavy atom. The van der Waals surface area contributed by atoms with Crippen molar-refractivity contribution in [1.29, 1.82) is 0 Å². The molecule has 3 nitrogen and oxygen atoms in total. The fourth-order valence-corrected chi connectivity index (χ4v) is 3.40. The highest BCUT2D eigenvalue weighted by molar-refractivity contribution is 5.58. The summed E-state index contributed by atoms with van der Waals surface area (Å²) in [7, 11) is 0. The van der Waals surface area contributed by atoms with E-state index in [1.165, 1.54) is 11.1 Å². The van der Waals surface area contributed by atoms with Crippen LogP contribution >= 0.6 is 0 Å². The molecule has 110 valence electrons. The molecule has 0 saturated heterocycles. The van der Waals surface area contributed by atoms with Crippen LogP contribution in [0.15, 0.2) is 12.1 Å². The summed E-state index contributed by atoms with van der Waals surface area (Å²) in [6.45, 7) is 9.59. The third-order valence-corrected chi connectivity index (χ3v) is 4.19. The lowest BCUT2D eigenvalue weighted by atomic mass is 9.97. The van der Waals surface area contributed by atoms with Gasteiger partial charge in [-0.2, -0.15) is 0 Å². The van der Waals surface area contributed by atoms with Crippen molar-refractivity contribution in [3.05, 3.63) is 23.3 Å². The van der Waals surface area contributed by atoms with Gasteiger partial charge in [-0.25, -0.2) is 0 Å². The zero-order valence-electron chi connectivity index (χ0n) is 13.0. The molecule has 3 heteroatoms. The van der Waals surface area contributed by atoms with Crippen LogP contribution in [0.2, 0.25) is 0 Å². The smallest absolute Gasteiger partial charge is 0.166 e. The third kappa shape index (κ3) is 2.18. The summed E-state index contributed by atoms with van der Waals surface area (Å²) < 4.78 is 12.4. The van der Waals surface area contributed by atoms with Crippen LogP contribution < -0.4 is 14.8 Å². The molecule has 2 heterocycles. The topological polar surface area (TPSA) is 30.5 Å². The molecule has 20 heavy (non-hydrogen) atoms. The normalized spacial score (nSPS) is 25.8.